The minimum atomic E-state index is -0.535. The fraction of sp³-hybridized carbons (Fsp3) is 0.136. The number of hydrogen-bond donors (Lipinski definition) is 1. The molecule has 0 fully saturated rings. The Morgan fingerprint density at radius 3 is 2.52 bits per heavy atom. The monoisotopic (exact) mass is 449 g/mol. The number of nitrogens with one attached hydrogen (secondary N) is 1. The van der Waals surface area contributed by atoms with Crippen molar-refractivity contribution in [3.05, 3.63) is 87.7 Å². The summed E-state index contributed by atoms with van der Waals surface area (Å²) in [5.74, 6) is 0.511. The molecule has 0 aliphatic carbocycles. The average Bonchev–Trinajstić information content (AvgIpc) is 2.71. The zero-order chi connectivity index (χ0) is 20.8. The molecule has 0 radical (unpaired) electrons. The standard InChI is InChI=1S/C22H18Cl2FNO2S/c1-2-28-21-10-3-14(22(27)26-17-6-9-20(25)19(24)12-17)11-15(21)13-29-18-7-4-16(23)5-8-18/h3-12H,2,13H2,1H3,(H,26,27). The van der Waals surface area contributed by atoms with E-state index in [0.29, 0.717) is 28.6 Å². The average molecular weight is 450 g/mol. The summed E-state index contributed by atoms with van der Waals surface area (Å²) < 4.78 is 19.0. The summed E-state index contributed by atoms with van der Waals surface area (Å²) in [4.78, 5) is 13.7. The van der Waals surface area contributed by atoms with Crippen LogP contribution in [0.5, 0.6) is 5.75 Å². The molecule has 3 rings (SSSR count). The molecule has 3 aromatic carbocycles. The number of benzene rings is 3. The van der Waals surface area contributed by atoms with E-state index in [9.17, 15) is 9.18 Å². The Labute approximate surface area is 183 Å². The highest BCUT2D eigenvalue weighted by Crippen LogP contribution is 2.30. The van der Waals surface area contributed by atoms with Crippen LogP contribution >= 0.6 is 35.0 Å². The van der Waals surface area contributed by atoms with Gasteiger partial charge in [-0.1, -0.05) is 23.2 Å². The molecule has 1 N–H and O–H groups in total. The Hall–Kier alpha value is -2.21. The normalized spacial score (nSPS) is 10.6. The summed E-state index contributed by atoms with van der Waals surface area (Å²) in [6.07, 6.45) is 0. The maximum atomic E-state index is 13.3. The van der Waals surface area contributed by atoms with Crippen LogP contribution in [-0.2, 0) is 5.75 Å². The van der Waals surface area contributed by atoms with Crippen LogP contribution in [0.2, 0.25) is 10.0 Å². The smallest absolute Gasteiger partial charge is 0.255 e. The van der Waals surface area contributed by atoms with E-state index in [0.717, 1.165) is 16.2 Å². The first-order valence-corrected chi connectivity index (χ1v) is 10.6. The molecule has 0 heterocycles. The summed E-state index contributed by atoms with van der Waals surface area (Å²) in [5, 5.41) is 3.37. The maximum absolute atomic E-state index is 13.3. The molecule has 29 heavy (non-hydrogen) atoms. The van der Waals surface area contributed by atoms with Gasteiger partial charge in [-0.05, 0) is 67.6 Å². The molecular formula is C22H18Cl2FNO2S. The number of amides is 1. The van der Waals surface area contributed by atoms with Gasteiger partial charge in [0, 0.05) is 32.5 Å². The lowest BCUT2D eigenvalue weighted by Gasteiger charge is -2.13. The second-order valence-corrected chi connectivity index (χ2v) is 7.97. The quantitative estimate of drug-likeness (QED) is 0.391. The molecule has 0 aromatic heterocycles. The number of rotatable bonds is 7. The minimum absolute atomic E-state index is 0.0467. The lowest BCUT2D eigenvalue weighted by Crippen LogP contribution is -2.12. The number of carbonyl (C=O) groups is 1. The van der Waals surface area contributed by atoms with Crippen molar-refractivity contribution in [2.75, 3.05) is 11.9 Å². The van der Waals surface area contributed by atoms with Gasteiger partial charge in [0.15, 0.2) is 0 Å². The zero-order valence-corrected chi connectivity index (χ0v) is 17.9. The van der Waals surface area contributed by atoms with Crippen molar-refractivity contribution in [1.82, 2.24) is 0 Å². The van der Waals surface area contributed by atoms with Crippen LogP contribution in [0.15, 0.2) is 65.6 Å². The number of carbonyl (C=O) groups excluding carboxylic acids is 1. The van der Waals surface area contributed by atoms with Gasteiger partial charge in [0.2, 0.25) is 0 Å². The molecule has 1 amide bonds. The third-order valence-corrected chi connectivity index (χ3v) is 5.61. The number of hydrogen-bond acceptors (Lipinski definition) is 3. The summed E-state index contributed by atoms with van der Waals surface area (Å²) in [6, 6.07) is 16.9. The van der Waals surface area contributed by atoms with Crippen LogP contribution in [0.4, 0.5) is 10.1 Å². The number of thioether (sulfide) groups is 1. The van der Waals surface area contributed by atoms with Gasteiger partial charge in [-0.3, -0.25) is 4.79 Å². The van der Waals surface area contributed by atoms with E-state index in [4.69, 9.17) is 27.9 Å². The Morgan fingerprint density at radius 2 is 1.83 bits per heavy atom. The fourth-order valence-corrected chi connectivity index (χ4v) is 3.78. The van der Waals surface area contributed by atoms with Crippen LogP contribution in [0.25, 0.3) is 0 Å². The molecule has 0 bridgehead atoms. The van der Waals surface area contributed by atoms with Crippen LogP contribution < -0.4 is 10.1 Å². The number of halogens is 3. The molecule has 150 valence electrons. The number of ether oxygens (including phenoxy) is 1. The van der Waals surface area contributed by atoms with Crippen molar-refractivity contribution in [3.8, 4) is 5.75 Å². The van der Waals surface area contributed by atoms with Gasteiger partial charge < -0.3 is 10.1 Å². The van der Waals surface area contributed by atoms with E-state index in [2.05, 4.69) is 5.32 Å². The molecule has 0 saturated carbocycles. The molecule has 3 aromatic rings. The summed E-state index contributed by atoms with van der Waals surface area (Å²) >= 11 is 13.3. The zero-order valence-electron chi connectivity index (χ0n) is 15.5. The Morgan fingerprint density at radius 1 is 1.07 bits per heavy atom. The van der Waals surface area contributed by atoms with Crippen LogP contribution in [0.3, 0.4) is 0 Å². The third kappa shape index (κ3) is 5.89. The second-order valence-electron chi connectivity index (χ2n) is 6.08. The summed E-state index contributed by atoms with van der Waals surface area (Å²) in [5.41, 5.74) is 1.80. The maximum Gasteiger partial charge on any atom is 0.255 e. The largest absolute Gasteiger partial charge is 0.494 e. The molecule has 0 atom stereocenters. The molecule has 0 spiro atoms. The van der Waals surface area contributed by atoms with Gasteiger partial charge in [0.25, 0.3) is 5.91 Å². The first kappa shape index (κ1) is 21.5. The first-order valence-electron chi connectivity index (χ1n) is 8.86. The van der Waals surface area contributed by atoms with E-state index in [1.807, 2.05) is 31.2 Å². The van der Waals surface area contributed by atoms with Gasteiger partial charge in [0.1, 0.15) is 11.6 Å². The van der Waals surface area contributed by atoms with Crippen LogP contribution in [-0.4, -0.2) is 12.5 Å². The Bertz CT molecular complexity index is 1010. The molecular weight excluding hydrogens is 432 g/mol. The number of anilines is 1. The van der Waals surface area contributed by atoms with Gasteiger partial charge in [0.05, 0.1) is 11.6 Å². The van der Waals surface area contributed by atoms with Crippen molar-refractivity contribution in [2.45, 2.75) is 17.6 Å². The predicted octanol–water partition coefficient (Wildman–Crippen LogP) is 7.08. The van der Waals surface area contributed by atoms with Gasteiger partial charge in [-0.25, -0.2) is 4.39 Å². The predicted molar refractivity (Wildman–Crippen MR) is 118 cm³/mol. The minimum Gasteiger partial charge on any atom is -0.494 e. The van der Waals surface area contributed by atoms with Crippen molar-refractivity contribution >= 4 is 46.6 Å². The van der Waals surface area contributed by atoms with E-state index in [1.54, 1.807) is 30.0 Å². The Kier molecular flexibility index (Phi) is 7.42. The summed E-state index contributed by atoms with van der Waals surface area (Å²) in [6.45, 7) is 2.44. The van der Waals surface area contributed by atoms with Crippen molar-refractivity contribution < 1.29 is 13.9 Å². The van der Waals surface area contributed by atoms with Gasteiger partial charge in [-0.15, -0.1) is 11.8 Å². The van der Waals surface area contributed by atoms with Gasteiger partial charge in [-0.2, -0.15) is 0 Å². The highest BCUT2D eigenvalue weighted by molar-refractivity contribution is 7.98. The first-order chi connectivity index (χ1) is 14.0. The highest BCUT2D eigenvalue weighted by Gasteiger charge is 2.12. The molecule has 3 nitrogen and oxygen atoms in total. The third-order valence-electron chi connectivity index (χ3n) is 4.01. The Balaban J connectivity index is 1.78. The van der Waals surface area contributed by atoms with Crippen molar-refractivity contribution in [1.29, 1.82) is 0 Å². The lowest BCUT2D eigenvalue weighted by molar-refractivity contribution is 0.102. The molecule has 0 aliphatic heterocycles. The topological polar surface area (TPSA) is 38.3 Å². The van der Waals surface area contributed by atoms with E-state index in [-0.39, 0.29) is 10.9 Å². The summed E-state index contributed by atoms with van der Waals surface area (Å²) in [7, 11) is 0. The molecule has 0 aliphatic rings. The SMILES string of the molecule is CCOc1ccc(C(=O)Nc2ccc(F)c(Cl)c2)cc1CSc1ccc(Cl)cc1. The van der Waals surface area contributed by atoms with Crippen LogP contribution in [0, 0.1) is 5.82 Å². The second kappa shape index (κ2) is 10.0. The lowest BCUT2D eigenvalue weighted by atomic mass is 10.1. The highest BCUT2D eigenvalue weighted by atomic mass is 35.5. The van der Waals surface area contributed by atoms with Crippen LogP contribution in [0.1, 0.15) is 22.8 Å². The van der Waals surface area contributed by atoms with Crippen molar-refractivity contribution in [3.63, 3.8) is 0 Å². The van der Waals surface area contributed by atoms with E-state index >= 15 is 0 Å². The van der Waals surface area contributed by atoms with Crippen molar-refractivity contribution in [2.24, 2.45) is 0 Å². The molecule has 7 heteroatoms. The van der Waals surface area contributed by atoms with Gasteiger partial charge >= 0.3 is 0 Å². The molecule has 0 unspecified atom stereocenters. The fourth-order valence-electron chi connectivity index (χ4n) is 2.60. The van der Waals surface area contributed by atoms with E-state index < -0.39 is 5.82 Å². The van der Waals surface area contributed by atoms with E-state index in [1.165, 1.54) is 18.2 Å². The molecule has 0 saturated heterocycles.